The summed E-state index contributed by atoms with van der Waals surface area (Å²) in [4.78, 5) is 1.80. The smallest absolute Gasteiger partial charge is 0.330 e. The van der Waals surface area contributed by atoms with E-state index in [4.69, 9.17) is 0 Å². The van der Waals surface area contributed by atoms with Gasteiger partial charge in [-0.2, -0.15) is 8.78 Å². The summed E-state index contributed by atoms with van der Waals surface area (Å²) in [5.74, 6) is -4.08. The fourth-order valence-corrected chi connectivity index (χ4v) is 2.12. The predicted octanol–water partition coefficient (Wildman–Crippen LogP) is 3.27. The maximum atomic E-state index is 12.5. The van der Waals surface area contributed by atoms with Crippen molar-refractivity contribution in [2.45, 2.75) is 32.4 Å². The van der Waals surface area contributed by atoms with Crippen LogP contribution < -0.4 is 5.32 Å². The maximum absolute atomic E-state index is 12.5. The van der Waals surface area contributed by atoms with Crippen LogP contribution in [0.1, 0.15) is 16.7 Å². The molecular weight excluding hydrogens is 270 g/mol. The molecule has 0 aliphatic rings. The molecule has 18 heavy (non-hydrogen) atoms. The summed E-state index contributed by atoms with van der Waals surface area (Å²) in [6.45, 7) is 2.19. The number of hydrogen-bond acceptors (Lipinski definition) is 3. The molecule has 0 aromatic carbocycles. The van der Waals surface area contributed by atoms with Crippen LogP contribution in [0.15, 0.2) is 12.1 Å². The van der Waals surface area contributed by atoms with E-state index in [1.807, 2.05) is 13.0 Å². The SMILES string of the molecule is CCNCc1ccc(COCC(F)(F)C(F)F)s1. The fraction of sp³-hybridized carbons (Fsp3) is 0.636. The number of halogens is 4. The van der Waals surface area contributed by atoms with Crippen molar-refractivity contribution < 1.29 is 22.3 Å². The van der Waals surface area contributed by atoms with Crippen molar-refractivity contribution in [2.75, 3.05) is 13.2 Å². The van der Waals surface area contributed by atoms with Gasteiger partial charge < -0.3 is 10.1 Å². The first kappa shape index (κ1) is 15.4. The van der Waals surface area contributed by atoms with E-state index in [2.05, 4.69) is 10.1 Å². The van der Waals surface area contributed by atoms with Gasteiger partial charge in [-0.05, 0) is 18.7 Å². The van der Waals surface area contributed by atoms with E-state index >= 15 is 0 Å². The minimum absolute atomic E-state index is 0.0703. The molecule has 7 heteroatoms. The van der Waals surface area contributed by atoms with E-state index in [0.29, 0.717) is 6.54 Å². The van der Waals surface area contributed by atoms with Crippen LogP contribution in [0.3, 0.4) is 0 Å². The number of ether oxygens (including phenoxy) is 1. The first-order valence-corrected chi connectivity index (χ1v) is 6.29. The van der Waals surface area contributed by atoms with Gasteiger partial charge in [0.2, 0.25) is 0 Å². The number of alkyl halides is 4. The zero-order valence-corrected chi connectivity index (χ0v) is 10.7. The molecule has 0 unspecified atom stereocenters. The zero-order chi connectivity index (χ0) is 13.6. The van der Waals surface area contributed by atoms with Crippen LogP contribution in [0.5, 0.6) is 0 Å². The molecule has 0 aliphatic carbocycles. The van der Waals surface area contributed by atoms with Crippen molar-refractivity contribution in [2.24, 2.45) is 0 Å². The summed E-state index contributed by atoms with van der Waals surface area (Å²) >= 11 is 1.41. The highest BCUT2D eigenvalue weighted by atomic mass is 32.1. The number of nitrogens with one attached hydrogen (secondary N) is 1. The largest absolute Gasteiger partial charge is 0.369 e. The Balaban J connectivity index is 2.33. The summed E-state index contributed by atoms with van der Waals surface area (Å²) in [5.41, 5.74) is 0. The quantitative estimate of drug-likeness (QED) is 0.740. The van der Waals surface area contributed by atoms with E-state index in [1.54, 1.807) is 6.07 Å². The van der Waals surface area contributed by atoms with Gasteiger partial charge in [0.05, 0.1) is 6.61 Å². The Kier molecular flexibility index (Phi) is 6.04. The second-order valence-electron chi connectivity index (χ2n) is 3.70. The van der Waals surface area contributed by atoms with Gasteiger partial charge in [0.15, 0.2) is 0 Å². The van der Waals surface area contributed by atoms with Crippen LogP contribution >= 0.6 is 11.3 Å². The summed E-state index contributed by atoms with van der Waals surface area (Å²) < 4.78 is 53.4. The molecule has 0 atom stereocenters. The molecule has 0 amide bonds. The fourth-order valence-electron chi connectivity index (χ4n) is 1.19. The Bertz CT molecular complexity index is 357. The van der Waals surface area contributed by atoms with E-state index < -0.39 is 19.0 Å². The Morgan fingerprint density at radius 3 is 2.61 bits per heavy atom. The molecule has 1 heterocycles. The lowest BCUT2D eigenvalue weighted by molar-refractivity contribution is -0.168. The molecule has 0 saturated heterocycles. The summed E-state index contributed by atoms with van der Waals surface area (Å²) in [7, 11) is 0. The van der Waals surface area contributed by atoms with Gasteiger partial charge in [0.25, 0.3) is 0 Å². The minimum atomic E-state index is -4.08. The van der Waals surface area contributed by atoms with Crippen molar-refractivity contribution >= 4 is 11.3 Å². The van der Waals surface area contributed by atoms with Gasteiger partial charge in [0, 0.05) is 16.3 Å². The maximum Gasteiger partial charge on any atom is 0.330 e. The van der Waals surface area contributed by atoms with Crippen LogP contribution in [0.25, 0.3) is 0 Å². The van der Waals surface area contributed by atoms with E-state index in [9.17, 15) is 17.6 Å². The summed E-state index contributed by atoms with van der Waals surface area (Å²) in [5, 5.41) is 3.12. The molecule has 2 nitrogen and oxygen atoms in total. The first-order chi connectivity index (χ1) is 8.45. The third kappa shape index (κ3) is 4.91. The highest BCUT2D eigenvalue weighted by molar-refractivity contribution is 7.11. The van der Waals surface area contributed by atoms with Gasteiger partial charge in [-0.25, -0.2) is 8.78 Å². The summed E-state index contributed by atoms with van der Waals surface area (Å²) in [6.07, 6.45) is -3.69. The molecular formula is C11H15F4NOS. The second-order valence-corrected chi connectivity index (χ2v) is 4.96. The van der Waals surface area contributed by atoms with Crippen LogP contribution in [0.2, 0.25) is 0 Å². The van der Waals surface area contributed by atoms with Crippen LogP contribution in [0, 0.1) is 0 Å². The molecule has 1 rings (SSSR count). The Labute approximate surface area is 107 Å². The van der Waals surface area contributed by atoms with E-state index in [-0.39, 0.29) is 6.61 Å². The topological polar surface area (TPSA) is 21.3 Å². The molecule has 0 saturated carbocycles. The van der Waals surface area contributed by atoms with Gasteiger partial charge in [-0.15, -0.1) is 11.3 Å². The molecule has 0 spiro atoms. The third-order valence-corrected chi connectivity index (χ3v) is 3.18. The highest BCUT2D eigenvalue weighted by Crippen LogP contribution is 2.24. The van der Waals surface area contributed by atoms with E-state index in [0.717, 1.165) is 16.3 Å². The number of rotatable bonds is 8. The average molecular weight is 285 g/mol. The Morgan fingerprint density at radius 2 is 2.00 bits per heavy atom. The molecule has 1 aromatic rings. The van der Waals surface area contributed by atoms with Crippen molar-refractivity contribution in [3.8, 4) is 0 Å². The summed E-state index contributed by atoms with van der Waals surface area (Å²) in [6, 6.07) is 3.61. The molecule has 0 aliphatic heterocycles. The molecule has 0 bridgehead atoms. The molecule has 1 aromatic heterocycles. The molecule has 1 N–H and O–H groups in total. The van der Waals surface area contributed by atoms with E-state index in [1.165, 1.54) is 11.3 Å². The van der Waals surface area contributed by atoms with Gasteiger partial charge >= 0.3 is 12.3 Å². The third-order valence-electron chi connectivity index (χ3n) is 2.12. The van der Waals surface area contributed by atoms with Crippen molar-refractivity contribution in [3.05, 3.63) is 21.9 Å². The van der Waals surface area contributed by atoms with Crippen molar-refractivity contribution in [1.29, 1.82) is 0 Å². The Morgan fingerprint density at radius 1 is 1.33 bits per heavy atom. The predicted molar refractivity (Wildman–Crippen MR) is 62.3 cm³/mol. The number of hydrogen-bond donors (Lipinski definition) is 1. The molecule has 104 valence electrons. The average Bonchev–Trinajstić information content (AvgIpc) is 2.74. The monoisotopic (exact) mass is 285 g/mol. The lowest BCUT2D eigenvalue weighted by atomic mass is 10.4. The standard InChI is InChI=1S/C11H15F4NOS/c1-2-16-5-8-3-4-9(18-8)6-17-7-11(14,15)10(12)13/h3-4,10,16H,2,5-7H2,1H3. The normalized spacial score (nSPS) is 12.3. The lowest BCUT2D eigenvalue weighted by Crippen LogP contribution is -2.32. The van der Waals surface area contributed by atoms with Crippen LogP contribution in [-0.4, -0.2) is 25.5 Å². The van der Waals surface area contributed by atoms with Crippen molar-refractivity contribution in [1.82, 2.24) is 5.32 Å². The second kappa shape index (κ2) is 7.06. The van der Waals surface area contributed by atoms with Gasteiger partial charge in [0.1, 0.15) is 6.61 Å². The van der Waals surface area contributed by atoms with Crippen LogP contribution in [-0.2, 0) is 17.9 Å². The minimum Gasteiger partial charge on any atom is -0.369 e. The first-order valence-electron chi connectivity index (χ1n) is 5.47. The zero-order valence-electron chi connectivity index (χ0n) is 9.89. The lowest BCUT2D eigenvalue weighted by Gasteiger charge is -2.14. The van der Waals surface area contributed by atoms with Crippen molar-refractivity contribution in [3.63, 3.8) is 0 Å². The highest BCUT2D eigenvalue weighted by Gasteiger charge is 2.40. The Hall–Kier alpha value is -0.660. The molecule has 0 radical (unpaired) electrons. The van der Waals surface area contributed by atoms with Crippen LogP contribution in [0.4, 0.5) is 17.6 Å². The molecule has 0 fully saturated rings. The van der Waals surface area contributed by atoms with Gasteiger partial charge in [-0.1, -0.05) is 6.92 Å². The number of thiophene rings is 1. The van der Waals surface area contributed by atoms with Gasteiger partial charge in [-0.3, -0.25) is 0 Å².